The van der Waals surface area contributed by atoms with Crippen LogP contribution in [0.4, 0.5) is 0 Å². The minimum Gasteiger partial charge on any atom is -0.467 e. The van der Waals surface area contributed by atoms with Gasteiger partial charge in [0.25, 0.3) is 0 Å². The number of benzene rings is 1. The molecule has 0 radical (unpaired) electrons. The average molecular weight is 436 g/mol. The van der Waals surface area contributed by atoms with Crippen LogP contribution in [0.1, 0.15) is 36.9 Å². The normalized spacial score (nSPS) is 15.7. The van der Waals surface area contributed by atoms with Gasteiger partial charge in [-0.25, -0.2) is 4.99 Å². The summed E-state index contributed by atoms with van der Waals surface area (Å²) in [6.07, 6.45) is 6.54. The fourth-order valence-electron chi connectivity index (χ4n) is 4.02. The number of likely N-dealkylation sites (tertiary alicyclic amines) is 1. The Morgan fingerprint density at radius 3 is 2.75 bits per heavy atom. The molecule has 3 aromatic rings. The summed E-state index contributed by atoms with van der Waals surface area (Å²) >= 11 is 0. The number of aromatic nitrogens is 3. The van der Waals surface area contributed by atoms with Crippen LogP contribution in [0.5, 0.6) is 0 Å². The van der Waals surface area contributed by atoms with Crippen LogP contribution in [-0.4, -0.2) is 51.3 Å². The van der Waals surface area contributed by atoms with Crippen molar-refractivity contribution in [1.82, 2.24) is 30.3 Å². The number of nitrogens with one attached hydrogen (secondary N) is 2. The van der Waals surface area contributed by atoms with Crippen LogP contribution in [0, 0.1) is 0 Å². The first kappa shape index (κ1) is 22.1. The summed E-state index contributed by atoms with van der Waals surface area (Å²) < 4.78 is 7.53. The number of aryl methyl sites for hydroxylation is 1. The second kappa shape index (κ2) is 11.5. The van der Waals surface area contributed by atoms with Crippen molar-refractivity contribution in [1.29, 1.82) is 0 Å². The van der Waals surface area contributed by atoms with E-state index in [1.165, 1.54) is 5.56 Å². The maximum atomic E-state index is 5.45. The smallest absolute Gasteiger partial charge is 0.191 e. The van der Waals surface area contributed by atoms with Crippen molar-refractivity contribution < 1.29 is 4.42 Å². The van der Waals surface area contributed by atoms with Gasteiger partial charge >= 0.3 is 0 Å². The minimum absolute atomic E-state index is 0.408. The van der Waals surface area contributed by atoms with Crippen molar-refractivity contribution in [3.8, 4) is 0 Å². The Morgan fingerprint density at radius 1 is 1.16 bits per heavy atom. The molecule has 170 valence electrons. The van der Waals surface area contributed by atoms with E-state index in [0.717, 1.165) is 69.5 Å². The molecule has 3 heterocycles. The Morgan fingerprint density at radius 2 is 2.00 bits per heavy atom. The predicted molar refractivity (Wildman–Crippen MR) is 125 cm³/mol. The Labute approximate surface area is 189 Å². The maximum Gasteiger partial charge on any atom is 0.191 e. The zero-order chi connectivity index (χ0) is 22.0. The second-order valence-corrected chi connectivity index (χ2v) is 8.15. The molecule has 1 aromatic carbocycles. The van der Waals surface area contributed by atoms with Crippen molar-refractivity contribution >= 4 is 5.96 Å². The van der Waals surface area contributed by atoms with Gasteiger partial charge in [-0.15, -0.1) is 10.2 Å². The monoisotopic (exact) mass is 435 g/mol. The number of furan rings is 1. The molecule has 0 atom stereocenters. The van der Waals surface area contributed by atoms with Gasteiger partial charge in [0.1, 0.15) is 24.5 Å². The quantitative estimate of drug-likeness (QED) is 0.397. The molecule has 8 nitrogen and oxygen atoms in total. The number of guanidine groups is 1. The number of piperidine rings is 1. The van der Waals surface area contributed by atoms with Gasteiger partial charge in [0.05, 0.1) is 6.26 Å². The molecule has 1 saturated heterocycles. The first-order valence-corrected chi connectivity index (χ1v) is 11.5. The molecule has 0 spiro atoms. The molecule has 4 rings (SSSR count). The molecule has 8 heteroatoms. The third kappa shape index (κ3) is 6.43. The zero-order valence-electron chi connectivity index (χ0n) is 18.8. The zero-order valence-corrected chi connectivity index (χ0v) is 18.8. The molecule has 2 aromatic heterocycles. The van der Waals surface area contributed by atoms with E-state index >= 15 is 0 Å². The number of rotatable bonds is 9. The number of hydrogen-bond donors (Lipinski definition) is 2. The molecule has 32 heavy (non-hydrogen) atoms. The summed E-state index contributed by atoms with van der Waals surface area (Å²) in [5.41, 5.74) is 1.38. The summed E-state index contributed by atoms with van der Waals surface area (Å²) in [5, 5.41) is 15.3. The van der Waals surface area contributed by atoms with E-state index in [0.29, 0.717) is 12.6 Å². The third-order valence-electron chi connectivity index (χ3n) is 5.81. The highest BCUT2D eigenvalue weighted by atomic mass is 16.3. The summed E-state index contributed by atoms with van der Waals surface area (Å²) in [7, 11) is 0. The highest BCUT2D eigenvalue weighted by Gasteiger charge is 2.20. The Kier molecular flexibility index (Phi) is 7.92. The van der Waals surface area contributed by atoms with Crippen molar-refractivity contribution in [2.45, 2.75) is 51.9 Å². The van der Waals surface area contributed by atoms with Gasteiger partial charge in [-0.05, 0) is 30.5 Å². The van der Waals surface area contributed by atoms with Gasteiger partial charge in [0.15, 0.2) is 5.96 Å². The van der Waals surface area contributed by atoms with Crippen LogP contribution in [0.15, 0.2) is 64.5 Å². The standard InChI is InChI=1S/C24H33N7O/c1-2-23-29-27-19-31(23)15-12-25-24(26-17-22-9-6-16-32-22)28-21-10-13-30(14-11-21)18-20-7-4-3-5-8-20/h3-9,16,19,21H,2,10-15,17-18H2,1H3,(H2,25,26,28). The largest absolute Gasteiger partial charge is 0.467 e. The molecular formula is C24H33N7O. The van der Waals surface area contributed by atoms with E-state index in [-0.39, 0.29) is 0 Å². The first-order valence-electron chi connectivity index (χ1n) is 11.5. The van der Waals surface area contributed by atoms with Crippen LogP contribution in [-0.2, 0) is 26.1 Å². The van der Waals surface area contributed by atoms with E-state index < -0.39 is 0 Å². The molecule has 0 saturated carbocycles. The van der Waals surface area contributed by atoms with E-state index in [4.69, 9.17) is 9.41 Å². The fourth-order valence-corrected chi connectivity index (χ4v) is 4.02. The number of nitrogens with zero attached hydrogens (tertiary/aromatic N) is 5. The molecule has 0 aliphatic carbocycles. The van der Waals surface area contributed by atoms with Crippen LogP contribution in [0.25, 0.3) is 0 Å². The van der Waals surface area contributed by atoms with E-state index in [1.807, 2.05) is 12.1 Å². The lowest BCUT2D eigenvalue weighted by molar-refractivity contribution is 0.198. The summed E-state index contributed by atoms with van der Waals surface area (Å²) in [6.45, 7) is 7.34. The Hall–Kier alpha value is -3.13. The third-order valence-corrected chi connectivity index (χ3v) is 5.81. The fraction of sp³-hybridized carbons (Fsp3) is 0.458. The molecular weight excluding hydrogens is 402 g/mol. The summed E-state index contributed by atoms with van der Waals surface area (Å²) in [6, 6.07) is 15.0. The Balaban J connectivity index is 1.29. The lowest BCUT2D eigenvalue weighted by atomic mass is 10.0. The average Bonchev–Trinajstić information content (AvgIpc) is 3.51. The topological polar surface area (TPSA) is 83.5 Å². The number of aliphatic imine (C=N–C) groups is 1. The first-order chi connectivity index (χ1) is 15.8. The highest BCUT2D eigenvalue weighted by Crippen LogP contribution is 2.14. The SMILES string of the molecule is CCc1nncn1CCNC(=NCc1ccco1)NC1CCN(Cc2ccccc2)CC1. The van der Waals surface area contributed by atoms with E-state index in [1.54, 1.807) is 12.6 Å². The van der Waals surface area contributed by atoms with Crippen LogP contribution in [0.2, 0.25) is 0 Å². The highest BCUT2D eigenvalue weighted by molar-refractivity contribution is 5.80. The van der Waals surface area contributed by atoms with Gasteiger partial charge in [0, 0.05) is 45.2 Å². The lowest BCUT2D eigenvalue weighted by Gasteiger charge is -2.33. The molecule has 1 fully saturated rings. The molecule has 1 aliphatic rings. The molecule has 0 amide bonds. The molecule has 1 aliphatic heterocycles. The van der Waals surface area contributed by atoms with Gasteiger partial charge < -0.3 is 19.6 Å². The predicted octanol–water partition coefficient (Wildman–Crippen LogP) is 2.83. The minimum atomic E-state index is 0.408. The van der Waals surface area contributed by atoms with E-state index in [2.05, 4.69) is 67.6 Å². The Bertz CT molecular complexity index is 944. The summed E-state index contributed by atoms with van der Waals surface area (Å²) in [5.74, 6) is 2.68. The van der Waals surface area contributed by atoms with Gasteiger partial charge in [-0.1, -0.05) is 37.3 Å². The van der Waals surface area contributed by atoms with Crippen molar-refractivity contribution in [2.24, 2.45) is 4.99 Å². The van der Waals surface area contributed by atoms with Crippen LogP contribution in [0.3, 0.4) is 0 Å². The van der Waals surface area contributed by atoms with Crippen molar-refractivity contribution in [2.75, 3.05) is 19.6 Å². The molecule has 0 bridgehead atoms. The van der Waals surface area contributed by atoms with Crippen molar-refractivity contribution in [3.63, 3.8) is 0 Å². The maximum absolute atomic E-state index is 5.45. The molecule has 0 unspecified atom stereocenters. The molecule has 2 N–H and O–H groups in total. The summed E-state index contributed by atoms with van der Waals surface area (Å²) in [4.78, 5) is 7.28. The van der Waals surface area contributed by atoms with Crippen LogP contribution >= 0.6 is 0 Å². The van der Waals surface area contributed by atoms with Crippen LogP contribution < -0.4 is 10.6 Å². The van der Waals surface area contributed by atoms with Crippen molar-refractivity contribution in [3.05, 3.63) is 72.2 Å². The van der Waals surface area contributed by atoms with Gasteiger partial charge in [-0.3, -0.25) is 4.90 Å². The van der Waals surface area contributed by atoms with Gasteiger partial charge in [-0.2, -0.15) is 0 Å². The number of hydrogen-bond acceptors (Lipinski definition) is 5. The second-order valence-electron chi connectivity index (χ2n) is 8.15. The van der Waals surface area contributed by atoms with E-state index in [9.17, 15) is 0 Å². The lowest BCUT2D eigenvalue weighted by Crippen LogP contribution is -2.49. The van der Waals surface area contributed by atoms with Gasteiger partial charge in [0.2, 0.25) is 0 Å².